The molecule has 0 saturated heterocycles. The van der Waals surface area contributed by atoms with Crippen molar-refractivity contribution in [2.45, 2.75) is 20.8 Å². The maximum atomic E-state index is 9.99. The van der Waals surface area contributed by atoms with Crippen LogP contribution in [0, 0.1) is 20.8 Å². The summed E-state index contributed by atoms with van der Waals surface area (Å²) in [4.78, 5) is 2.04. The van der Waals surface area contributed by atoms with Gasteiger partial charge in [0.1, 0.15) is 23.0 Å². The molecule has 32 heavy (non-hydrogen) atoms. The predicted octanol–water partition coefficient (Wildman–Crippen LogP) is 6.99. The first-order valence-electron chi connectivity index (χ1n) is 10.3. The first-order chi connectivity index (χ1) is 15.3. The molecular weight excluding hydrogens is 402 g/mol. The van der Waals surface area contributed by atoms with Gasteiger partial charge in [-0.25, -0.2) is 0 Å². The summed E-state index contributed by atoms with van der Waals surface area (Å²) in [5.74, 6) is 1.64. The van der Waals surface area contributed by atoms with E-state index in [1.165, 1.54) is 0 Å². The van der Waals surface area contributed by atoms with Crippen LogP contribution in [-0.2, 0) is 0 Å². The molecule has 0 aliphatic rings. The number of para-hydroxylation sites is 2. The van der Waals surface area contributed by atoms with E-state index in [0.717, 1.165) is 33.8 Å². The number of ether oxygens (including phenoxy) is 1. The summed E-state index contributed by atoms with van der Waals surface area (Å²) in [7, 11) is 0. The third-order valence-electron chi connectivity index (χ3n) is 5.21. The number of phenols is 3. The molecule has 0 bridgehead atoms. The molecule has 0 heterocycles. The highest BCUT2D eigenvalue weighted by Gasteiger charge is 2.21. The third-order valence-corrected chi connectivity index (χ3v) is 5.21. The Morgan fingerprint density at radius 1 is 0.594 bits per heavy atom. The molecule has 4 rings (SSSR count). The summed E-state index contributed by atoms with van der Waals surface area (Å²) in [6.45, 7) is 5.75. The third kappa shape index (κ3) is 4.32. The molecule has 0 radical (unpaired) electrons. The number of aryl methyl sites for hydroxylation is 3. The van der Waals surface area contributed by atoms with Crippen molar-refractivity contribution in [1.29, 1.82) is 0 Å². The highest BCUT2D eigenvalue weighted by atomic mass is 16.5. The average Bonchev–Trinajstić information content (AvgIpc) is 2.71. The molecule has 0 saturated carbocycles. The van der Waals surface area contributed by atoms with Crippen molar-refractivity contribution in [1.82, 2.24) is 0 Å². The van der Waals surface area contributed by atoms with Gasteiger partial charge in [0.25, 0.3) is 0 Å². The first-order valence-corrected chi connectivity index (χ1v) is 10.3. The Morgan fingerprint density at radius 3 is 1.75 bits per heavy atom. The minimum Gasteiger partial charge on any atom is -0.508 e. The number of aromatic hydroxyl groups is 3. The van der Waals surface area contributed by atoms with Gasteiger partial charge in [-0.2, -0.15) is 0 Å². The molecule has 5 nitrogen and oxygen atoms in total. The van der Waals surface area contributed by atoms with Gasteiger partial charge >= 0.3 is 0 Å². The molecule has 0 atom stereocenters. The fourth-order valence-corrected chi connectivity index (χ4v) is 3.81. The number of nitrogens with zero attached hydrogens (tertiary/aromatic N) is 1. The van der Waals surface area contributed by atoms with E-state index in [2.05, 4.69) is 0 Å². The van der Waals surface area contributed by atoms with Crippen LogP contribution in [0.1, 0.15) is 16.7 Å². The van der Waals surface area contributed by atoms with E-state index in [4.69, 9.17) is 4.74 Å². The van der Waals surface area contributed by atoms with Crippen LogP contribution in [0.5, 0.6) is 28.7 Å². The molecule has 3 N–H and O–H groups in total. The van der Waals surface area contributed by atoms with Gasteiger partial charge in [0.2, 0.25) is 0 Å². The summed E-state index contributed by atoms with van der Waals surface area (Å²) in [6.07, 6.45) is 0. The Hall–Kier alpha value is -4.12. The molecule has 5 heteroatoms. The second kappa shape index (κ2) is 8.55. The van der Waals surface area contributed by atoms with E-state index in [1.807, 2.05) is 68.1 Å². The molecule has 0 aliphatic heterocycles. The number of hydrogen-bond donors (Lipinski definition) is 3. The second-order valence-electron chi connectivity index (χ2n) is 7.85. The topological polar surface area (TPSA) is 73.2 Å². The molecular formula is C27H25NO4. The molecule has 0 unspecified atom stereocenters. The summed E-state index contributed by atoms with van der Waals surface area (Å²) >= 11 is 0. The molecule has 0 fully saturated rings. The summed E-state index contributed by atoms with van der Waals surface area (Å²) in [5, 5.41) is 29.9. The van der Waals surface area contributed by atoms with Gasteiger partial charge < -0.3 is 25.0 Å². The Balaban J connectivity index is 1.90. The zero-order valence-electron chi connectivity index (χ0n) is 18.2. The Bertz CT molecular complexity index is 1210. The van der Waals surface area contributed by atoms with Crippen LogP contribution in [-0.4, -0.2) is 15.3 Å². The standard InChI is InChI=1S/C27H25NO4/c1-17-12-22(31)16-23(13-17)32-27-7-5-4-6-26(27)28(24-10-8-20(29)14-18(24)2)25-11-9-21(30)15-19(25)3/h4-16,29-31H,1-3H3. The molecule has 162 valence electrons. The molecule has 0 amide bonds. The minimum atomic E-state index is 0.137. The highest BCUT2D eigenvalue weighted by Crippen LogP contribution is 2.45. The van der Waals surface area contributed by atoms with E-state index in [9.17, 15) is 15.3 Å². The largest absolute Gasteiger partial charge is 0.508 e. The van der Waals surface area contributed by atoms with Crippen LogP contribution in [0.15, 0.2) is 78.9 Å². The van der Waals surface area contributed by atoms with Crippen molar-refractivity contribution < 1.29 is 20.1 Å². The van der Waals surface area contributed by atoms with Crippen LogP contribution in [0.2, 0.25) is 0 Å². The lowest BCUT2D eigenvalue weighted by Gasteiger charge is -2.30. The van der Waals surface area contributed by atoms with Crippen molar-refractivity contribution in [3.05, 3.63) is 95.6 Å². The fourth-order valence-electron chi connectivity index (χ4n) is 3.81. The smallest absolute Gasteiger partial charge is 0.151 e. The lowest BCUT2D eigenvalue weighted by molar-refractivity contribution is 0.455. The molecule has 0 aliphatic carbocycles. The number of benzene rings is 4. The van der Waals surface area contributed by atoms with Gasteiger partial charge in [-0.05, 0) is 98.1 Å². The monoisotopic (exact) mass is 427 g/mol. The maximum Gasteiger partial charge on any atom is 0.151 e. The maximum absolute atomic E-state index is 9.99. The lowest BCUT2D eigenvalue weighted by Crippen LogP contribution is -2.13. The van der Waals surface area contributed by atoms with Crippen molar-refractivity contribution in [2.75, 3.05) is 4.90 Å². The lowest BCUT2D eigenvalue weighted by atomic mass is 10.1. The zero-order chi connectivity index (χ0) is 22.8. The Kier molecular flexibility index (Phi) is 5.65. The second-order valence-corrected chi connectivity index (χ2v) is 7.85. The summed E-state index contributed by atoms with van der Waals surface area (Å²) in [6, 6.07) is 23.2. The number of anilines is 3. The summed E-state index contributed by atoms with van der Waals surface area (Å²) < 4.78 is 6.22. The van der Waals surface area contributed by atoms with Crippen LogP contribution in [0.4, 0.5) is 17.1 Å². The van der Waals surface area contributed by atoms with Crippen LogP contribution < -0.4 is 9.64 Å². The van der Waals surface area contributed by atoms with E-state index in [0.29, 0.717) is 11.5 Å². The van der Waals surface area contributed by atoms with Crippen molar-refractivity contribution >= 4 is 17.1 Å². The van der Waals surface area contributed by atoms with Gasteiger partial charge in [-0.1, -0.05) is 12.1 Å². The molecule has 4 aromatic carbocycles. The number of hydrogen-bond acceptors (Lipinski definition) is 5. The van der Waals surface area contributed by atoms with Gasteiger partial charge in [0.15, 0.2) is 5.75 Å². The SMILES string of the molecule is Cc1cc(O)cc(Oc2ccccc2N(c2ccc(O)cc2C)c2ccc(O)cc2C)c1. The van der Waals surface area contributed by atoms with E-state index < -0.39 is 0 Å². The fraction of sp³-hybridized carbons (Fsp3) is 0.111. The van der Waals surface area contributed by atoms with E-state index >= 15 is 0 Å². The first kappa shape index (κ1) is 21.1. The van der Waals surface area contributed by atoms with Crippen LogP contribution in [0.25, 0.3) is 0 Å². The highest BCUT2D eigenvalue weighted by molar-refractivity contribution is 5.83. The molecule has 0 aromatic heterocycles. The molecule has 0 spiro atoms. The normalized spacial score (nSPS) is 10.7. The average molecular weight is 428 g/mol. The van der Waals surface area contributed by atoms with Gasteiger partial charge in [0, 0.05) is 17.4 Å². The Morgan fingerprint density at radius 2 is 1.19 bits per heavy atom. The van der Waals surface area contributed by atoms with E-state index in [-0.39, 0.29) is 17.2 Å². The Labute approximate surface area is 187 Å². The summed E-state index contributed by atoms with van der Waals surface area (Å²) in [5.41, 5.74) is 5.13. The molecule has 4 aromatic rings. The zero-order valence-corrected chi connectivity index (χ0v) is 18.2. The number of rotatable bonds is 5. The number of phenolic OH excluding ortho intramolecular Hbond substituents is 3. The predicted molar refractivity (Wildman–Crippen MR) is 127 cm³/mol. The van der Waals surface area contributed by atoms with Crippen LogP contribution in [0.3, 0.4) is 0 Å². The van der Waals surface area contributed by atoms with Crippen LogP contribution >= 0.6 is 0 Å². The van der Waals surface area contributed by atoms with Gasteiger partial charge in [0.05, 0.1) is 5.69 Å². The van der Waals surface area contributed by atoms with Crippen molar-refractivity contribution in [2.24, 2.45) is 0 Å². The van der Waals surface area contributed by atoms with Gasteiger partial charge in [-0.3, -0.25) is 0 Å². The van der Waals surface area contributed by atoms with Crippen molar-refractivity contribution in [3.8, 4) is 28.7 Å². The van der Waals surface area contributed by atoms with E-state index in [1.54, 1.807) is 36.4 Å². The van der Waals surface area contributed by atoms with Gasteiger partial charge in [-0.15, -0.1) is 0 Å². The van der Waals surface area contributed by atoms with Crippen molar-refractivity contribution in [3.63, 3.8) is 0 Å². The minimum absolute atomic E-state index is 0.137. The quantitative estimate of drug-likeness (QED) is 0.320.